The Kier molecular flexibility index (Phi) is 4.88. The summed E-state index contributed by atoms with van der Waals surface area (Å²) in [7, 11) is -3.41. The highest BCUT2D eigenvalue weighted by Gasteiger charge is 2.54. The summed E-state index contributed by atoms with van der Waals surface area (Å²) >= 11 is 0. The molecule has 3 aliphatic rings. The maximum atomic E-state index is 12.9. The van der Waals surface area contributed by atoms with E-state index < -0.39 is 10.0 Å². The molecule has 6 heteroatoms. The Balaban J connectivity index is 1.39. The number of ether oxygens (including phenoxy) is 1. The smallest absolute Gasteiger partial charge is 0.243 e. The van der Waals surface area contributed by atoms with Gasteiger partial charge >= 0.3 is 0 Å². The molecule has 0 bridgehead atoms. The van der Waals surface area contributed by atoms with Crippen molar-refractivity contribution >= 4 is 10.0 Å². The van der Waals surface area contributed by atoms with Crippen LogP contribution in [-0.4, -0.2) is 62.1 Å². The molecule has 1 atom stereocenters. The SMILES string of the molecule is CC(C)c1ccc(S(=O)(=O)N2CC3(CC(N4CCCCC4)CO3)C2)cc1. The fraction of sp³-hybridized carbons (Fsp3) is 0.700. The summed E-state index contributed by atoms with van der Waals surface area (Å²) in [6, 6.07) is 7.78. The molecule has 3 aliphatic heterocycles. The molecule has 5 nitrogen and oxygen atoms in total. The zero-order valence-corrected chi connectivity index (χ0v) is 16.7. The third-order valence-corrected chi connectivity index (χ3v) is 8.02. The van der Waals surface area contributed by atoms with Crippen LogP contribution in [0.25, 0.3) is 0 Å². The minimum atomic E-state index is -3.41. The molecule has 1 aromatic rings. The molecule has 0 saturated carbocycles. The topological polar surface area (TPSA) is 49.9 Å². The van der Waals surface area contributed by atoms with Gasteiger partial charge in [-0.1, -0.05) is 32.4 Å². The Bertz CT molecular complexity index is 733. The van der Waals surface area contributed by atoms with Crippen molar-refractivity contribution in [3.05, 3.63) is 29.8 Å². The largest absolute Gasteiger partial charge is 0.371 e. The summed E-state index contributed by atoms with van der Waals surface area (Å²) in [6.45, 7) is 8.27. The van der Waals surface area contributed by atoms with Crippen LogP contribution < -0.4 is 0 Å². The second kappa shape index (κ2) is 6.89. The number of piperidine rings is 1. The van der Waals surface area contributed by atoms with Crippen molar-refractivity contribution in [1.29, 1.82) is 0 Å². The van der Waals surface area contributed by atoms with Gasteiger partial charge in [0.2, 0.25) is 10.0 Å². The molecule has 4 rings (SSSR count). The molecular weight excluding hydrogens is 348 g/mol. The lowest BCUT2D eigenvalue weighted by atomic mass is 9.91. The number of benzene rings is 1. The van der Waals surface area contributed by atoms with Crippen molar-refractivity contribution in [3.8, 4) is 0 Å². The predicted molar refractivity (Wildman–Crippen MR) is 102 cm³/mol. The predicted octanol–water partition coefficient (Wildman–Crippen LogP) is 2.83. The van der Waals surface area contributed by atoms with E-state index in [-0.39, 0.29) is 5.60 Å². The first-order chi connectivity index (χ1) is 12.4. The van der Waals surface area contributed by atoms with Gasteiger partial charge in [0.1, 0.15) is 0 Å². The Labute approximate surface area is 157 Å². The van der Waals surface area contributed by atoms with Crippen molar-refractivity contribution < 1.29 is 13.2 Å². The van der Waals surface area contributed by atoms with Crippen LogP contribution in [0.4, 0.5) is 0 Å². The summed E-state index contributed by atoms with van der Waals surface area (Å²) in [5.74, 6) is 0.401. The fourth-order valence-corrected chi connectivity index (χ4v) is 6.09. The summed E-state index contributed by atoms with van der Waals surface area (Å²) in [5.41, 5.74) is 0.903. The molecule has 0 N–H and O–H groups in total. The molecule has 1 aromatic carbocycles. The van der Waals surface area contributed by atoms with E-state index >= 15 is 0 Å². The van der Waals surface area contributed by atoms with Gasteiger partial charge in [-0.2, -0.15) is 4.31 Å². The van der Waals surface area contributed by atoms with Gasteiger partial charge in [0.15, 0.2) is 0 Å². The molecule has 26 heavy (non-hydrogen) atoms. The van der Waals surface area contributed by atoms with Gasteiger partial charge in [-0.25, -0.2) is 8.42 Å². The Morgan fingerprint density at radius 2 is 1.73 bits per heavy atom. The van der Waals surface area contributed by atoms with Crippen molar-refractivity contribution in [2.24, 2.45) is 0 Å². The third-order valence-electron chi connectivity index (χ3n) is 6.21. The summed E-state index contributed by atoms with van der Waals surface area (Å²) in [6.07, 6.45) is 4.84. The van der Waals surface area contributed by atoms with Gasteiger partial charge in [-0.15, -0.1) is 0 Å². The van der Waals surface area contributed by atoms with Gasteiger partial charge in [-0.3, -0.25) is 4.90 Å². The van der Waals surface area contributed by atoms with E-state index in [2.05, 4.69) is 18.7 Å². The molecule has 3 saturated heterocycles. The second-order valence-electron chi connectivity index (χ2n) is 8.45. The number of nitrogens with zero attached hydrogens (tertiary/aromatic N) is 2. The maximum Gasteiger partial charge on any atom is 0.243 e. The highest BCUT2D eigenvalue weighted by Crippen LogP contribution is 2.40. The first-order valence-corrected chi connectivity index (χ1v) is 11.3. The normalized spacial score (nSPS) is 27.1. The van der Waals surface area contributed by atoms with E-state index in [4.69, 9.17) is 4.74 Å². The molecule has 0 amide bonds. The summed E-state index contributed by atoms with van der Waals surface area (Å²) in [4.78, 5) is 2.93. The van der Waals surface area contributed by atoms with Crippen molar-refractivity contribution in [3.63, 3.8) is 0 Å². The number of rotatable bonds is 4. The molecule has 3 heterocycles. The van der Waals surface area contributed by atoms with E-state index in [9.17, 15) is 8.42 Å². The van der Waals surface area contributed by atoms with E-state index in [1.54, 1.807) is 16.4 Å². The van der Waals surface area contributed by atoms with Gasteiger partial charge in [0, 0.05) is 19.1 Å². The second-order valence-corrected chi connectivity index (χ2v) is 10.4. The van der Waals surface area contributed by atoms with Crippen molar-refractivity contribution in [2.45, 2.75) is 62.0 Å². The van der Waals surface area contributed by atoms with E-state index in [1.165, 1.54) is 19.3 Å². The number of sulfonamides is 1. The molecule has 3 fully saturated rings. The molecule has 0 aromatic heterocycles. The Morgan fingerprint density at radius 3 is 2.35 bits per heavy atom. The van der Waals surface area contributed by atoms with Gasteiger partial charge in [0.25, 0.3) is 0 Å². The quantitative estimate of drug-likeness (QED) is 0.808. The first kappa shape index (κ1) is 18.4. The molecule has 0 aliphatic carbocycles. The van der Waals surface area contributed by atoms with Crippen molar-refractivity contribution in [2.75, 3.05) is 32.8 Å². The van der Waals surface area contributed by atoms with Crippen LogP contribution in [0.5, 0.6) is 0 Å². The van der Waals surface area contributed by atoms with Crippen LogP contribution >= 0.6 is 0 Å². The van der Waals surface area contributed by atoms with Crippen LogP contribution in [0.15, 0.2) is 29.2 Å². The molecule has 1 spiro atoms. The third kappa shape index (κ3) is 3.33. The highest BCUT2D eigenvalue weighted by molar-refractivity contribution is 7.89. The van der Waals surface area contributed by atoms with Crippen LogP contribution in [-0.2, 0) is 14.8 Å². The molecule has 0 radical (unpaired) electrons. The summed E-state index contributed by atoms with van der Waals surface area (Å²) < 4.78 is 33.4. The lowest BCUT2D eigenvalue weighted by molar-refractivity contribution is -0.0774. The fourth-order valence-electron chi connectivity index (χ4n) is 4.50. The minimum Gasteiger partial charge on any atom is -0.371 e. The first-order valence-electron chi connectivity index (χ1n) is 9.88. The Hall–Kier alpha value is -0.950. The van der Waals surface area contributed by atoms with E-state index in [0.717, 1.165) is 31.7 Å². The lowest BCUT2D eigenvalue weighted by Gasteiger charge is -2.46. The Morgan fingerprint density at radius 1 is 1.08 bits per heavy atom. The number of hydrogen-bond donors (Lipinski definition) is 0. The number of hydrogen-bond acceptors (Lipinski definition) is 4. The van der Waals surface area contributed by atoms with Crippen LogP contribution in [0, 0.1) is 0 Å². The lowest BCUT2D eigenvalue weighted by Crippen LogP contribution is -2.63. The van der Waals surface area contributed by atoms with Crippen LogP contribution in [0.2, 0.25) is 0 Å². The summed E-state index contributed by atoms with van der Waals surface area (Å²) in [5, 5.41) is 0. The monoisotopic (exact) mass is 378 g/mol. The zero-order valence-electron chi connectivity index (χ0n) is 15.9. The van der Waals surface area contributed by atoms with Crippen LogP contribution in [0.1, 0.15) is 51.0 Å². The van der Waals surface area contributed by atoms with Crippen molar-refractivity contribution in [1.82, 2.24) is 9.21 Å². The number of likely N-dealkylation sites (tertiary alicyclic amines) is 1. The van der Waals surface area contributed by atoms with Gasteiger partial charge in [-0.05, 0) is 56.0 Å². The average molecular weight is 379 g/mol. The maximum absolute atomic E-state index is 12.9. The standard InChI is InChI=1S/C20H30N2O3S/c1-16(2)17-6-8-19(9-7-17)26(23,24)22-14-20(15-22)12-18(13-25-20)21-10-4-3-5-11-21/h6-9,16,18H,3-5,10-15H2,1-2H3. The molecule has 1 unspecified atom stereocenters. The zero-order chi connectivity index (χ0) is 18.4. The van der Waals surface area contributed by atoms with Gasteiger partial charge in [0.05, 0.1) is 17.1 Å². The average Bonchev–Trinajstić information content (AvgIpc) is 3.07. The highest BCUT2D eigenvalue weighted by atomic mass is 32.2. The van der Waals surface area contributed by atoms with Gasteiger partial charge < -0.3 is 4.74 Å². The molecular formula is C20H30N2O3S. The van der Waals surface area contributed by atoms with Crippen LogP contribution in [0.3, 0.4) is 0 Å². The molecule has 144 valence electrons. The minimum absolute atomic E-state index is 0.257. The van der Waals surface area contributed by atoms with E-state index in [0.29, 0.717) is 29.9 Å². The van der Waals surface area contributed by atoms with E-state index in [1.807, 2.05) is 12.1 Å².